The first-order valence-corrected chi connectivity index (χ1v) is 8.58. The van der Waals surface area contributed by atoms with Gasteiger partial charge in [-0.05, 0) is 46.3 Å². The van der Waals surface area contributed by atoms with Crippen molar-refractivity contribution in [2.75, 3.05) is 0 Å². The Labute approximate surface area is 141 Å². The molecule has 0 aliphatic rings. The molecule has 3 aromatic rings. The van der Waals surface area contributed by atoms with E-state index in [9.17, 15) is 9.18 Å². The zero-order chi connectivity index (χ0) is 15.7. The number of terminal acetylenes is 1. The summed E-state index contributed by atoms with van der Waals surface area (Å²) in [7, 11) is 0. The molecule has 0 saturated heterocycles. The standard InChI is InChI=1S/C15H8BrFN2OS2/c1-2-7-19-10-4-3-9(17)8-12(10)22-15(19)18-14(20)11-5-6-13(16)21-11/h1,3-6,8H,7H2. The van der Waals surface area contributed by atoms with Gasteiger partial charge in [0.2, 0.25) is 0 Å². The quantitative estimate of drug-likeness (QED) is 0.603. The summed E-state index contributed by atoms with van der Waals surface area (Å²) in [5.74, 6) is 1.86. The van der Waals surface area contributed by atoms with Crippen LogP contribution in [-0.2, 0) is 6.54 Å². The van der Waals surface area contributed by atoms with Crippen LogP contribution in [0.1, 0.15) is 9.67 Å². The number of rotatable bonds is 2. The van der Waals surface area contributed by atoms with E-state index in [4.69, 9.17) is 6.42 Å². The highest BCUT2D eigenvalue weighted by Crippen LogP contribution is 2.23. The molecule has 0 spiro atoms. The minimum atomic E-state index is -0.339. The van der Waals surface area contributed by atoms with E-state index in [0.29, 0.717) is 14.4 Å². The number of benzene rings is 1. The minimum Gasteiger partial charge on any atom is -0.305 e. The van der Waals surface area contributed by atoms with E-state index < -0.39 is 0 Å². The number of aromatic nitrogens is 1. The number of thiophene rings is 1. The molecule has 0 aliphatic carbocycles. The van der Waals surface area contributed by atoms with Crippen LogP contribution < -0.4 is 4.80 Å². The van der Waals surface area contributed by atoms with Gasteiger partial charge in [0.1, 0.15) is 5.82 Å². The average Bonchev–Trinajstić information content (AvgIpc) is 3.04. The van der Waals surface area contributed by atoms with E-state index in [1.165, 1.54) is 34.8 Å². The Hall–Kier alpha value is -1.75. The molecule has 0 N–H and O–H groups in total. The van der Waals surface area contributed by atoms with Gasteiger partial charge in [-0.1, -0.05) is 17.3 Å². The second kappa shape index (κ2) is 6.16. The van der Waals surface area contributed by atoms with Crippen LogP contribution in [0.3, 0.4) is 0 Å². The maximum atomic E-state index is 13.3. The second-order valence-corrected chi connectivity index (χ2v) is 7.78. The van der Waals surface area contributed by atoms with Crippen molar-refractivity contribution in [2.24, 2.45) is 4.99 Å². The number of hydrogen-bond donors (Lipinski definition) is 0. The molecule has 0 aliphatic heterocycles. The van der Waals surface area contributed by atoms with Crippen molar-refractivity contribution in [3.05, 3.63) is 49.6 Å². The Bertz CT molecular complexity index is 977. The summed E-state index contributed by atoms with van der Waals surface area (Å²) in [6.45, 7) is 0.270. The first kappa shape index (κ1) is 15.2. The van der Waals surface area contributed by atoms with Crippen LogP contribution in [0.25, 0.3) is 10.2 Å². The molecular formula is C15H8BrFN2OS2. The van der Waals surface area contributed by atoms with Crippen molar-refractivity contribution >= 4 is 54.7 Å². The molecule has 22 heavy (non-hydrogen) atoms. The van der Waals surface area contributed by atoms with Gasteiger partial charge in [-0.25, -0.2) is 4.39 Å². The summed E-state index contributed by atoms with van der Waals surface area (Å²) in [5, 5.41) is 0. The van der Waals surface area contributed by atoms with Crippen LogP contribution in [0.5, 0.6) is 0 Å². The lowest BCUT2D eigenvalue weighted by atomic mass is 10.3. The summed E-state index contributed by atoms with van der Waals surface area (Å²) in [6, 6.07) is 7.92. The maximum Gasteiger partial charge on any atom is 0.289 e. The van der Waals surface area contributed by atoms with E-state index in [-0.39, 0.29) is 18.3 Å². The number of halogens is 2. The van der Waals surface area contributed by atoms with Gasteiger partial charge in [0.05, 0.1) is 25.4 Å². The average molecular weight is 395 g/mol. The number of thiazole rings is 1. The third-order valence-corrected chi connectivity index (χ3v) is 5.53. The van der Waals surface area contributed by atoms with Gasteiger partial charge in [-0.2, -0.15) is 4.99 Å². The third-order valence-electron chi connectivity index (χ3n) is 2.88. The zero-order valence-electron chi connectivity index (χ0n) is 11.0. The molecule has 0 atom stereocenters. The fourth-order valence-electron chi connectivity index (χ4n) is 1.95. The number of carbonyl (C=O) groups excluding carboxylic acids is 1. The van der Waals surface area contributed by atoms with Crippen LogP contribution in [0.4, 0.5) is 4.39 Å². The number of hydrogen-bond acceptors (Lipinski definition) is 3. The van der Waals surface area contributed by atoms with E-state index in [2.05, 4.69) is 26.8 Å². The first-order chi connectivity index (χ1) is 10.6. The minimum absolute atomic E-state index is 0.270. The molecule has 1 aromatic carbocycles. The topological polar surface area (TPSA) is 34.4 Å². The van der Waals surface area contributed by atoms with Crippen molar-refractivity contribution in [3.63, 3.8) is 0 Å². The molecule has 7 heteroatoms. The Morgan fingerprint density at radius 3 is 2.86 bits per heavy atom. The summed E-state index contributed by atoms with van der Waals surface area (Å²) in [5.41, 5.74) is 0.767. The van der Waals surface area contributed by atoms with Gasteiger partial charge in [-0.3, -0.25) is 4.79 Å². The van der Waals surface area contributed by atoms with Crippen LogP contribution in [0.15, 0.2) is 39.1 Å². The molecule has 3 rings (SSSR count). The van der Waals surface area contributed by atoms with E-state index >= 15 is 0 Å². The monoisotopic (exact) mass is 394 g/mol. The molecule has 2 heterocycles. The van der Waals surface area contributed by atoms with Crippen LogP contribution in [-0.4, -0.2) is 10.5 Å². The van der Waals surface area contributed by atoms with Crippen molar-refractivity contribution in [3.8, 4) is 12.3 Å². The van der Waals surface area contributed by atoms with Gasteiger partial charge >= 0.3 is 0 Å². The highest BCUT2D eigenvalue weighted by molar-refractivity contribution is 9.11. The van der Waals surface area contributed by atoms with E-state index in [0.717, 1.165) is 9.30 Å². The highest BCUT2D eigenvalue weighted by atomic mass is 79.9. The fourth-order valence-corrected chi connectivity index (χ4v) is 4.27. The Morgan fingerprint density at radius 2 is 2.18 bits per heavy atom. The Kier molecular flexibility index (Phi) is 4.25. The Morgan fingerprint density at radius 1 is 1.36 bits per heavy atom. The predicted octanol–water partition coefficient (Wildman–Crippen LogP) is 4.04. The molecular weight excluding hydrogens is 387 g/mol. The van der Waals surface area contributed by atoms with Gasteiger partial charge in [-0.15, -0.1) is 17.8 Å². The largest absolute Gasteiger partial charge is 0.305 e. The van der Waals surface area contributed by atoms with E-state index in [1.807, 2.05) is 0 Å². The lowest BCUT2D eigenvalue weighted by Gasteiger charge is -1.99. The maximum absolute atomic E-state index is 13.3. The molecule has 0 bridgehead atoms. The molecule has 3 nitrogen and oxygen atoms in total. The van der Waals surface area contributed by atoms with Gasteiger partial charge in [0, 0.05) is 0 Å². The zero-order valence-corrected chi connectivity index (χ0v) is 14.3. The molecule has 2 aromatic heterocycles. The normalized spacial score (nSPS) is 11.8. The number of fused-ring (bicyclic) bond motifs is 1. The second-order valence-electron chi connectivity index (χ2n) is 4.31. The summed E-state index contributed by atoms with van der Waals surface area (Å²) >= 11 is 5.87. The SMILES string of the molecule is C#CCn1c(=NC(=O)c2ccc(Br)s2)sc2cc(F)ccc21. The summed E-state index contributed by atoms with van der Waals surface area (Å²) in [4.78, 5) is 17.4. The number of amides is 1. The molecule has 110 valence electrons. The van der Waals surface area contributed by atoms with Crippen LogP contribution in [0, 0.1) is 18.2 Å². The van der Waals surface area contributed by atoms with Crippen LogP contribution >= 0.6 is 38.6 Å². The molecule has 0 unspecified atom stereocenters. The molecule has 0 radical (unpaired) electrons. The number of carbonyl (C=O) groups is 1. The van der Waals surface area contributed by atoms with Crippen molar-refractivity contribution in [1.29, 1.82) is 0 Å². The van der Waals surface area contributed by atoms with Crippen molar-refractivity contribution in [1.82, 2.24) is 4.57 Å². The summed E-state index contributed by atoms with van der Waals surface area (Å²) < 4.78 is 16.7. The lowest BCUT2D eigenvalue weighted by molar-refractivity contribution is 0.100. The lowest BCUT2D eigenvalue weighted by Crippen LogP contribution is -2.16. The van der Waals surface area contributed by atoms with E-state index in [1.54, 1.807) is 22.8 Å². The number of nitrogens with zero attached hydrogens (tertiary/aromatic N) is 2. The third kappa shape index (κ3) is 2.90. The highest BCUT2D eigenvalue weighted by Gasteiger charge is 2.11. The fraction of sp³-hybridized carbons (Fsp3) is 0.0667. The van der Waals surface area contributed by atoms with Crippen LogP contribution in [0.2, 0.25) is 0 Å². The van der Waals surface area contributed by atoms with Crippen molar-refractivity contribution < 1.29 is 9.18 Å². The molecule has 0 saturated carbocycles. The van der Waals surface area contributed by atoms with Gasteiger partial charge in [0.25, 0.3) is 5.91 Å². The first-order valence-electron chi connectivity index (χ1n) is 6.15. The Balaban J connectivity index is 2.17. The summed E-state index contributed by atoms with van der Waals surface area (Å²) in [6.07, 6.45) is 5.38. The molecule has 0 fully saturated rings. The molecule has 1 amide bonds. The smallest absolute Gasteiger partial charge is 0.289 e. The van der Waals surface area contributed by atoms with Gasteiger partial charge < -0.3 is 4.57 Å². The van der Waals surface area contributed by atoms with Crippen molar-refractivity contribution in [2.45, 2.75) is 6.54 Å². The predicted molar refractivity (Wildman–Crippen MR) is 90.5 cm³/mol. The van der Waals surface area contributed by atoms with Gasteiger partial charge in [0.15, 0.2) is 4.80 Å².